The van der Waals surface area contributed by atoms with Crippen molar-refractivity contribution in [3.05, 3.63) is 69.0 Å². The molecule has 5 nitrogen and oxygen atoms in total. The Labute approximate surface area is 136 Å². The van der Waals surface area contributed by atoms with Crippen LogP contribution in [-0.2, 0) is 0 Å². The fourth-order valence-electron chi connectivity index (χ4n) is 2.28. The predicted molar refractivity (Wildman–Crippen MR) is 88.3 cm³/mol. The van der Waals surface area contributed by atoms with Crippen molar-refractivity contribution in [1.82, 2.24) is 0 Å². The van der Waals surface area contributed by atoms with Crippen LogP contribution in [0.4, 0.5) is 5.69 Å². The van der Waals surface area contributed by atoms with Crippen LogP contribution in [0.3, 0.4) is 0 Å². The van der Waals surface area contributed by atoms with Gasteiger partial charge < -0.3 is 14.8 Å². The number of hydrogen-bond acceptors (Lipinski definition) is 4. The van der Waals surface area contributed by atoms with Gasteiger partial charge in [-0.05, 0) is 48.9 Å². The molecule has 2 N–H and O–H groups in total. The highest BCUT2D eigenvalue weighted by molar-refractivity contribution is 6.30. The molecule has 116 valence electrons. The third-order valence-corrected chi connectivity index (χ3v) is 3.69. The average molecular weight is 330 g/mol. The maximum atomic E-state index is 12.3. The highest BCUT2D eigenvalue weighted by Crippen LogP contribution is 2.33. The number of halogens is 1. The van der Waals surface area contributed by atoms with Gasteiger partial charge in [0.05, 0.1) is 0 Å². The second-order valence-corrected chi connectivity index (χ2v) is 5.48. The number of fused-ring (bicyclic) bond motifs is 1. The van der Waals surface area contributed by atoms with Crippen LogP contribution in [0.15, 0.2) is 51.7 Å². The van der Waals surface area contributed by atoms with Gasteiger partial charge in [0, 0.05) is 22.0 Å². The van der Waals surface area contributed by atoms with Crippen LogP contribution in [0.2, 0.25) is 5.02 Å². The first-order chi connectivity index (χ1) is 11.0. The first kappa shape index (κ1) is 15.1. The Kier molecular flexibility index (Phi) is 3.80. The maximum absolute atomic E-state index is 12.3. The van der Waals surface area contributed by atoms with Crippen LogP contribution in [0, 0.1) is 6.92 Å². The lowest BCUT2D eigenvalue weighted by molar-refractivity contribution is 0.102. The lowest BCUT2D eigenvalue weighted by Gasteiger charge is -2.10. The molecule has 0 aliphatic rings. The quantitative estimate of drug-likeness (QED) is 0.555. The summed E-state index contributed by atoms with van der Waals surface area (Å²) in [6.45, 7) is 1.75. The van der Waals surface area contributed by atoms with Crippen molar-refractivity contribution in [2.45, 2.75) is 6.92 Å². The summed E-state index contributed by atoms with van der Waals surface area (Å²) in [5, 5.41) is 13.8. The van der Waals surface area contributed by atoms with E-state index in [4.69, 9.17) is 16.0 Å². The molecule has 2 aromatic carbocycles. The minimum absolute atomic E-state index is 0.0586. The molecule has 23 heavy (non-hydrogen) atoms. The molecule has 1 aromatic heterocycles. The van der Waals surface area contributed by atoms with Gasteiger partial charge in [0.1, 0.15) is 11.4 Å². The lowest BCUT2D eigenvalue weighted by Crippen LogP contribution is -2.13. The van der Waals surface area contributed by atoms with Crippen LogP contribution in [0.25, 0.3) is 11.0 Å². The van der Waals surface area contributed by atoms with Gasteiger partial charge in [-0.2, -0.15) is 0 Å². The number of aryl methyl sites for hydroxylation is 1. The topological polar surface area (TPSA) is 79.5 Å². The Hall–Kier alpha value is -2.79. The predicted octanol–water partition coefficient (Wildman–Crippen LogP) is 3.71. The standard InChI is InChI=1S/C17H12ClNO4/c1-9-8-14(21)23-16-12(9)6-7-13(20)15(16)19-17(22)10-2-4-11(18)5-3-10/h2-8,20H,1H3,(H,19,22). The van der Waals surface area contributed by atoms with E-state index in [1.54, 1.807) is 37.3 Å². The van der Waals surface area contributed by atoms with Crippen molar-refractivity contribution in [1.29, 1.82) is 0 Å². The number of nitrogens with one attached hydrogen (secondary N) is 1. The van der Waals surface area contributed by atoms with E-state index in [9.17, 15) is 14.7 Å². The Morgan fingerprint density at radius 3 is 2.57 bits per heavy atom. The Morgan fingerprint density at radius 2 is 1.87 bits per heavy atom. The molecule has 0 saturated heterocycles. The number of carbonyl (C=O) groups is 1. The van der Waals surface area contributed by atoms with Gasteiger partial charge in [-0.1, -0.05) is 11.6 Å². The molecule has 6 heteroatoms. The number of benzene rings is 2. The molecule has 0 aliphatic carbocycles. The first-order valence-corrected chi connectivity index (χ1v) is 7.17. The van der Waals surface area contributed by atoms with Crippen molar-refractivity contribution >= 4 is 34.2 Å². The van der Waals surface area contributed by atoms with E-state index in [1.165, 1.54) is 12.1 Å². The molecule has 0 atom stereocenters. The van der Waals surface area contributed by atoms with Crippen molar-refractivity contribution in [2.75, 3.05) is 5.32 Å². The van der Waals surface area contributed by atoms with Crippen molar-refractivity contribution in [2.24, 2.45) is 0 Å². The van der Waals surface area contributed by atoms with E-state index in [1.807, 2.05) is 0 Å². The summed E-state index contributed by atoms with van der Waals surface area (Å²) in [5.74, 6) is -0.637. The van der Waals surface area contributed by atoms with E-state index < -0.39 is 11.5 Å². The highest BCUT2D eigenvalue weighted by Gasteiger charge is 2.15. The van der Waals surface area contributed by atoms with Crippen LogP contribution in [0.1, 0.15) is 15.9 Å². The van der Waals surface area contributed by atoms with E-state index >= 15 is 0 Å². The summed E-state index contributed by atoms with van der Waals surface area (Å²) >= 11 is 5.79. The lowest BCUT2D eigenvalue weighted by atomic mass is 10.1. The second-order valence-electron chi connectivity index (χ2n) is 5.05. The SMILES string of the molecule is Cc1cc(=O)oc2c(NC(=O)c3ccc(Cl)cc3)c(O)ccc12. The molecule has 3 rings (SSSR count). The van der Waals surface area contributed by atoms with Gasteiger partial charge >= 0.3 is 5.63 Å². The number of phenols is 1. The summed E-state index contributed by atoms with van der Waals surface area (Å²) < 4.78 is 5.16. The molecular weight excluding hydrogens is 318 g/mol. The number of rotatable bonds is 2. The molecule has 0 bridgehead atoms. The van der Waals surface area contributed by atoms with E-state index in [-0.39, 0.29) is 17.0 Å². The molecule has 3 aromatic rings. The fourth-order valence-corrected chi connectivity index (χ4v) is 2.41. The third kappa shape index (κ3) is 2.91. The van der Waals surface area contributed by atoms with Crippen LogP contribution >= 0.6 is 11.6 Å². The number of carbonyl (C=O) groups excluding carboxylic acids is 1. The molecule has 0 radical (unpaired) electrons. The average Bonchev–Trinajstić information content (AvgIpc) is 2.50. The number of amides is 1. The second kappa shape index (κ2) is 5.78. The summed E-state index contributed by atoms with van der Waals surface area (Å²) in [7, 11) is 0. The maximum Gasteiger partial charge on any atom is 0.336 e. The molecule has 0 spiro atoms. The fraction of sp³-hybridized carbons (Fsp3) is 0.0588. The van der Waals surface area contributed by atoms with Crippen molar-refractivity contribution in [3.63, 3.8) is 0 Å². The zero-order valence-electron chi connectivity index (χ0n) is 12.1. The number of aromatic hydroxyl groups is 1. The monoisotopic (exact) mass is 329 g/mol. The zero-order chi connectivity index (χ0) is 16.6. The number of hydrogen-bond donors (Lipinski definition) is 2. The van der Waals surface area contributed by atoms with E-state index in [0.717, 1.165) is 0 Å². The minimum atomic E-state index is -0.553. The molecule has 1 heterocycles. The summed E-state index contributed by atoms with van der Waals surface area (Å²) in [5.41, 5.74) is 0.696. The zero-order valence-corrected chi connectivity index (χ0v) is 12.8. The Morgan fingerprint density at radius 1 is 1.17 bits per heavy atom. The number of anilines is 1. The van der Waals surface area contributed by atoms with Gasteiger partial charge in [-0.15, -0.1) is 0 Å². The Balaban J connectivity index is 2.09. The highest BCUT2D eigenvalue weighted by atomic mass is 35.5. The normalized spacial score (nSPS) is 10.7. The van der Waals surface area contributed by atoms with E-state index in [2.05, 4.69) is 5.32 Å². The summed E-state index contributed by atoms with van der Waals surface area (Å²) in [6.07, 6.45) is 0. The van der Waals surface area contributed by atoms with Crippen molar-refractivity contribution < 1.29 is 14.3 Å². The van der Waals surface area contributed by atoms with Crippen LogP contribution in [0.5, 0.6) is 5.75 Å². The van der Waals surface area contributed by atoms with Gasteiger partial charge in [0.15, 0.2) is 5.58 Å². The summed E-state index contributed by atoms with van der Waals surface area (Å²) in [6, 6.07) is 10.7. The largest absolute Gasteiger partial charge is 0.506 e. The third-order valence-electron chi connectivity index (χ3n) is 3.44. The van der Waals surface area contributed by atoms with Crippen LogP contribution in [-0.4, -0.2) is 11.0 Å². The van der Waals surface area contributed by atoms with Gasteiger partial charge in [-0.25, -0.2) is 4.79 Å². The summed E-state index contributed by atoms with van der Waals surface area (Å²) in [4.78, 5) is 23.9. The molecular formula is C17H12ClNO4. The Bertz CT molecular complexity index is 961. The van der Waals surface area contributed by atoms with E-state index in [0.29, 0.717) is 21.5 Å². The van der Waals surface area contributed by atoms with Gasteiger partial charge in [0.25, 0.3) is 5.91 Å². The number of phenolic OH excluding ortho intramolecular Hbond substituents is 1. The first-order valence-electron chi connectivity index (χ1n) is 6.79. The molecule has 0 aliphatic heterocycles. The molecule has 1 amide bonds. The smallest absolute Gasteiger partial charge is 0.336 e. The molecule has 0 unspecified atom stereocenters. The van der Waals surface area contributed by atoms with Gasteiger partial charge in [0.2, 0.25) is 0 Å². The van der Waals surface area contributed by atoms with Crippen molar-refractivity contribution in [3.8, 4) is 5.75 Å². The molecule has 0 fully saturated rings. The minimum Gasteiger partial charge on any atom is -0.506 e. The van der Waals surface area contributed by atoms with Gasteiger partial charge in [-0.3, -0.25) is 4.79 Å². The molecule has 0 saturated carbocycles. The van der Waals surface area contributed by atoms with Crippen LogP contribution < -0.4 is 10.9 Å².